The zero-order chi connectivity index (χ0) is 13.0. The van der Waals surface area contributed by atoms with E-state index in [1.165, 1.54) is 0 Å². The number of aryl methyl sites for hydroxylation is 2. The van der Waals surface area contributed by atoms with E-state index in [1.54, 1.807) is 6.20 Å². The van der Waals surface area contributed by atoms with Crippen molar-refractivity contribution in [1.29, 1.82) is 0 Å². The zero-order valence-electron chi connectivity index (χ0n) is 10.6. The van der Waals surface area contributed by atoms with E-state index in [9.17, 15) is 4.79 Å². The second-order valence-corrected chi connectivity index (χ2v) is 4.25. The lowest BCUT2D eigenvalue weighted by molar-refractivity contribution is -0.107. The number of nitrogens with zero attached hydrogens (tertiary/aromatic N) is 4. The fraction of sp³-hybridized carbons (Fsp3) is 0.385. The summed E-state index contributed by atoms with van der Waals surface area (Å²) in [6.07, 6.45) is 4.87. The van der Waals surface area contributed by atoms with Gasteiger partial charge in [0.15, 0.2) is 5.82 Å². The summed E-state index contributed by atoms with van der Waals surface area (Å²) in [4.78, 5) is 14.5. The Labute approximate surface area is 106 Å². The van der Waals surface area contributed by atoms with Crippen LogP contribution < -0.4 is 0 Å². The van der Waals surface area contributed by atoms with Crippen LogP contribution in [0.5, 0.6) is 0 Å². The third-order valence-electron chi connectivity index (χ3n) is 2.86. The molecule has 0 N–H and O–H groups in total. The SMILES string of the molecule is Cc1ccc(-c2nnc(CCCC=O)n2C)cn1. The molecule has 0 fully saturated rings. The molecular formula is C13H16N4O. The molecule has 94 valence electrons. The van der Waals surface area contributed by atoms with Crippen molar-refractivity contribution in [2.75, 3.05) is 0 Å². The Morgan fingerprint density at radius 2 is 2.17 bits per heavy atom. The molecule has 18 heavy (non-hydrogen) atoms. The molecule has 2 aromatic heterocycles. The van der Waals surface area contributed by atoms with Crippen molar-refractivity contribution in [3.63, 3.8) is 0 Å². The van der Waals surface area contributed by atoms with E-state index in [0.717, 1.165) is 42.0 Å². The molecule has 0 saturated heterocycles. The minimum Gasteiger partial charge on any atom is -0.314 e. The maximum atomic E-state index is 10.3. The molecule has 0 aliphatic carbocycles. The van der Waals surface area contributed by atoms with Gasteiger partial charge in [-0.05, 0) is 25.5 Å². The van der Waals surface area contributed by atoms with Crippen molar-refractivity contribution < 1.29 is 4.79 Å². The molecule has 0 aromatic carbocycles. The number of aromatic nitrogens is 4. The Bertz CT molecular complexity index is 530. The van der Waals surface area contributed by atoms with Crippen molar-refractivity contribution in [2.45, 2.75) is 26.2 Å². The van der Waals surface area contributed by atoms with Gasteiger partial charge in [-0.25, -0.2) is 0 Å². The third-order valence-corrected chi connectivity index (χ3v) is 2.86. The predicted molar refractivity (Wildman–Crippen MR) is 68.0 cm³/mol. The first-order valence-corrected chi connectivity index (χ1v) is 5.97. The van der Waals surface area contributed by atoms with Gasteiger partial charge in [0.1, 0.15) is 12.1 Å². The summed E-state index contributed by atoms with van der Waals surface area (Å²) in [7, 11) is 1.94. The third kappa shape index (κ3) is 2.61. The number of hydrogen-bond donors (Lipinski definition) is 0. The summed E-state index contributed by atoms with van der Waals surface area (Å²) >= 11 is 0. The van der Waals surface area contributed by atoms with Gasteiger partial charge in [0.2, 0.25) is 0 Å². The second kappa shape index (κ2) is 5.53. The Hall–Kier alpha value is -2.04. The lowest BCUT2D eigenvalue weighted by Crippen LogP contribution is -2.00. The Kier molecular flexibility index (Phi) is 3.82. The molecule has 5 heteroatoms. The quantitative estimate of drug-likeness (QED) is 0.593. The Balaban J connectivity index is 2.19. The molecule has 0 saturated carbocycles. The van der Waals surface area contributed by atoms with Crippen molar-refractivity contribution in [3.05, 3.63) is 29.8 Å². The highest BCUT2D eigenvalue weighted by atomic mass is 16.1. The van der Waals surface area contributed by atoms with Gasteiger partial charge in [0, 0.05) is 37.3 Å². The number of aldehydes is 1. The fourth-order valence-electron chi connectivity index (χ4n) is 1.77. The molecule has 0 aliphatic heterocycles. The molecule has 2 rings (SSSR count). The average molecular weight is 244 g/mol. The number of unbranched alkanes of at least 4 members (excludes halogenated alkanes) is 1. The van der Waals surface area contributed by atoms with Crippen molar-refractivity contribution in [1.82, 2.24) is 19.7 Å². The van der Waals surface area contributed by atoms with E-state index in [1.807, 2.05) is 30.7 Å². The molecule has 0 radical (unpaired) electrons. The highest BCUT2D eigenvalue weighted by molar-refractivity contribution is 5.53. The average Bonchev–Trinajstić information content (AvgIpc) is 2.73. The summed E-state index contributed by atoms with van der Waals surface area (Å²) in [5.74, 6) is 1.70. The molecule has 2 heterocycles. The molecule has 0 unspecified atom stereocenters. The molecule has 0 amide bonds. The van der Waals surface area contributed by atoms with Crippen LogP contribution >= 0.6 is 0 Å². The highest BCUT2D eigenvalue weighted by Gasteiger charge is 2.10. The number of hydrogen-bond acceptors (Lipinski definition) is 4. The van der Waals surface area contributed by atoms with Gasteiger partial charge in [0.25, 0.3) is 0 Å². The standard InChI is InChI=1S/C13H16N4O/c1-10-6-7-11(9-14-10)13-16-15-12(17(13)2)5-3-4-8-18/h6-9H,3-5H2,1-2H3. The molecule has 2 aromatic rings. The first kappa shape index (κ1) is 12.4. The molecule has 0 spiro atoms. The molecule has 0 atom stereocenters. The van der Waals surface area contributed by atoms with E-state index in [0.29, 0.717) is 6.42 Å². The maximum Gasteiger partial charge on any atom is 0.165 e. The van der Waals surface area contributed by atoms with Crippen LogP contribution in [0.4, 0.5) is 0 Å². The monoisotopic (exact) mass is 244 g/mol. The van der Waals surface area contributed by atoms with Crippen LogP contribution in [0.2, 0.25) is 0 Å². The molecule has 0 aliphatic rings. The largest absolute Gasteiger partial charge is 0.314 e. The highest BCUT2D eigenvalue weighted by Crippen LogP contribution is 2.17. The van der Waals surface area contributed by atoms with Gasteiger partial charge in [-0.1, -0.05) is 0 Å². The van der Waals surface area contributed by atoms with Crippen LogP contribution in [0, 0.1) is 6.92 Å². The van der Waals surface area contributed by atoms with Crippen molar-refractivity contribution in [3.8, 4) is 11.4 Å². The summed E-state index contributed by atoms with van der Waals surface area (Å²) in [5, 5.41) is 8.33. The van der Waals surface area contributed by atoms with E-state index >= 15 is 0 Å². The topological polar surface area (TPSA) is 60.7 Å². The Morgan fingerprint density at radius 3 is 2.83 bits per heavy atom. The first-order valence-electron chi connectivity index (χ1n) is 5.97. The predicted octanol–water partition coefficient (Wildman–Crippen LogP) is 1.71. The van der Waals surface area contributed by atoms with Crippen molar-refractivity contribution in [2.24, 2.45) is 7.05 Å². The summed E-state index contributed by atoms with van der Waals surface area (Å²) in [5.41, 5.74) is 1.93. The van der Waals surface area contributed by atoms with E-state index in [-0.39, 0.29) is 0 Å². The second-order valence-electron chi connectivity index (χ2n) is 4.25. The van der Waals surface area contributed by atoms with E-state index < -0.39 is 0 Å². The van der Waals surface area contributed by atoms with Crippen molar-refractivity contribution >= 4 is 6.29 Å². The van der Waals surface area contributed by atoms with E-state index in [2.05, 4.69) is 15.2 Å². The lowest BCUT2D eigenvalue weighted by Gasteiger charge is -2.03. The smallest absolute Gasteiger partial charge is 0.165 e. The maximum absolute atomic E-state index is 10.3. The summed E-state index contributed by atoms with van der Waals surface area (Å²) in [6, 6.07) is 3.94. The number of carbonyl (C=O) groups excluding carboxylic acids is 1. The van der Waals surface area contributed by atoms with Crippen LogP contribution in [0.1, 0.15) is 24.4 Å². The van der Waals surface area contributed by atoms with Crippen LogP contribution in [-0.4, -0.2) is 26.0 Å². The van der Waals surface area contributed by atoms with Gasteiger partial charge >= 0.3 is 0 Å². The van der Waals surface area contributed by atoms with Crippen LogP contribution in [-0.2, 0) is 18.3 Å². The minimum absolute atomic E-state index is 0.564. The lowest BCUT2D eigenvalue weighted by atomic mass is 10.2. The van der Waals surface area contributed by atoms with Gasteiger partial charge in [-0.2, -0.15) is 0 Å². The number of rotatable bonds is 5. The summed E-state index contributed by atoms with van der Waals surface area (Å²) < 4.78 is 1.96. The van der Waals surface area contributed by atoms with Gasteiger partial charge < -0.3 is 9.36 Å². The minimum atomic E-state index is 0.564. The van der Waals surface area contributed by atoms with Gasteiger partial charge in [-0.3, -0.25) is 4.98 Å². The molecule has 5 nitrogen and oxygen atoms in total. The van der Waals surface area contributed by atoms with Crippen LogP contribution in [0.25, 0.3) is 11.4 Å². The van der Waals surface area contributed by atoms with E-state index in [4.69, 9.17) is 0 Å². The normalized spacial score (nSPS) is 10.6. The van der Waals surface area contributed by atoms with Crippen LogP contribution in [0.3, 0.4) is 0 Å². The van der Waals surface area contributed by atoms with Gasteiger partial charge in [0.05, 0.1) is 0 Å². The van der Waals surface area contributed by atoms with Crippen LogP contribution in [0.15, 0.2) is 18.3 Å². The molecule has 0 bridgehead atoms. The number of pyridine rings is 1. The first-order chi connectivity index (χ1) is 8.72. The number of carbonyl (C=O) groups is 1. The molecular weight excluding hydrogens is 228 g/mol. The fourth-order valence-corrected chi connectivity index (χ4v) is 1.77. The Morgan fingerprint density at radius 1 is 1.33 bits per heavy atom. The zero-order valence-corrected chi connectivity index (χ0v) is 10.6. The van der Waals surface area contributed by atoms with Gasteiger partial charge in [-0.15, -0.1) is 10.2 Å². The summed E-state index contributed by atoms with van der Waals surface area (Å²) in [6.45, 7) is 1.95.